The fourth-order valence-electron chi connectivity index (χ4n) is 1.47. The van der Waals surface area contributed by atoms with Gasteiger partial charge in [0.1, 0.15) is 5.82 Å². The second kappa shape index (κ2) is 4.38. The largest absolute Gasteiger partial charge is 0.395 e. The van der Waals surface area contributed by atoms with Crippen molar-refractivity contribution in [3.8, 4) is 0 Å². The molecule has 3 heteroatoms. The first-order chi connectivity index (χ1) is 7.53. The number of halogens is 1. The second-order valence-electron chi connectivity index (χ2n) is 5.00. The minimum atomic E-state index is -0.371. The number of aliphatic hydroxyl groups is 1. The fourth-order valence-corrected chi connectivity index (χ4v) is 2.52. The molecule has 0 radical (unpaired) electrons. The Morgan fingerprint density at radius 2 is 2.12 bits per heavy atom. The van der Waals surface area contributed by atoms with E-state index in [0.29, 0.717) is 5.25 Å². The Labute approximate surface area is 100 Å². The van der Waals surface area contributed by atoms with Gasteiger partial charge in [-0.15, -0.1) is 11.8 Å². The average Bonchev–Trinajstić information content (AvgIpc) is 3.05. The van der Waals surface area contributed by atoms with Crippen molar-refractivity contribution in [2.24, 2.45) is 0 Å². The highest BCUT2D eigenvalue weighted by Crippen LogP contribution is 2.40. The molecule has 0 unspecified atom stereocenters. The Kier molecular flexibility index (Phi) is 3.27. The van der Waals surface area contributed by atoms with Crippen LogP contribution in [0.25, 0.3) is 0 Å². The zero-order valence-corrected chi connectivity index (χ0v) is 10.5. The highest BCUT2D eigenvalue weighted by Gasteiger charge is 2.25. The number of thioether (sulfide) groups is 1. The van der Waals surface area contributed by atoms with Gasteiger partial charge in [-0.25, -0.2) is 4.39 Å². The molecule has 1 aliphatic carbocycles. The third kappa shape index (κ3) is 2.58. The summed E-state index contributed by atoms with van der Waals surface area (Å²) in [5.74, 6) is -0.157. The minimum absolute atomic E-state index is 0.0293. The summed E-state index contributed by atoms with van der Waals surface area (Å²) >= 11 is 1.63. The molecule has 1 N–H and O–H groups in total. The van der Waals surface area contributed by atoms with E-state index in [1.807, 2.05) is 26.0 Å². The monoisotopic (exact) mass is 240 g/mol. The van der Waals surface area contributed by atoms with E-state index in [2.05, 4.69) is 0 Å². The smallest absolute Gasteiger partial charge is 0.137 e. The Hall–Kier alpha value is -0.540. The van der Waals surface area contributed by atoms with Crippen molar-refractivity contribution in [2.45, 2.75) is 42.2 Å². The van der Waals surface area contributed by atoms with Crippen LogP contribution in [0.5, 0.6) is 0 Å². The molecule has 0 heterocycles. The number of hydrogen-bond donors (Lipinski definition) is 1. The van der Waals surface area contributed by atoms with Crippen LogP contribution in [-0.4, -0.2) is 17.0 Å². The lowest BCUT2D eigenvalue weighted by Gasteiger charge is -2.22. The molecule has 0 bridgehead atoms. The summed E-state index contributed by atoms with van der Waals surface area (Å²) < 4.78 is 13.8. The van der Waals surface area contributed by atoms with E-state index in [-0.39, 0.29) is 17.8 Å². The van der Waals surface area contributed by atoms with Crippen LogP contribution in [0.2, 0.25) is 0 Å². The first-order valence-electron chi connectivity index (χ1n) is 5.60. The molecule has 16 heavy (non-hydrogen) atoms. The van der Waals surface area contributed by atoms with Gasteiger partial charge in [0.05, 0.1) is 6.61 Å². The van der Waals surface area contributed by atoms with Crippen molar-refractivity contribution in [1.29, 1.82) is 0 Å². The maximum Gasteiger partial charge on any atom is 0.137 e. The number of aliphatic hydroxyl groups excluding tert-OH is 1. The van der Waals surface area contributed by atoms with Gasteiger partial charge in [-0.05, 0) is 30.5 Å². The van der Waals surface area contributed by atoms with Crippen molar-refractivity contribution in [3.63, 3.8) is 0 Å². The number of rotatable bonds is 4. The first kappa shape index (κ1) is 11.9. The normalized spacial score (nSPS) is 16.5. The van der Waals surface area contributed by atoms with Gasteiger partial charge in [0, 0.05) is 15.6 Å². The van der Waals surface area contributed by atoms with Crippen LogP contribution in [0, 0.1) is 5.82 Å². The van der Waals surface area contributed by atoms with Gasteiger partial charge in [0.2, 0.25) is 0 Å². The Bertz CT molecular complexity index is 386. The van der Waals surface area contributed by atoms with Crippen LogP contribution >= 0.6 is 11.8 Å². The maximum atomic E-state index is 13.8. The summed E-state index contributed by atoms with van der Waals surface area (Å²) in [6.07, 6.45) is 2.40. The van der Waals surface area contributed by atoms with Gasteiger partial charge in [-0.1, -0.05) is 19.9 Å². The summed E-state index contributed by atoms with van der Waals surface area (Å²) in [4.78, 5) is 0.736. The highest BCUT2D eigenvalue weighted by atomic mass is 32.2. The summed E-state index contributed by atoms with van der Waals surface area (Å²) in [6.45, 7) is 3.85. The van der Waals surface area contributed by atoms with E-state index in [1.165, 1.54) is 12.8 Å². The van der Waals surface area contributed by atoms with Gasteiger partial charge in [0.15, 0.2) is 0 Å². The van der Waals surface area contributed by atoms with E-state index in [1.54, 1.807) is 17.8 Å². The summed E-state index contributed by atoms with van der Waals surface area (Å²) in [7, 11) is 0. The van der Waals surface area contributed by atoms with Crippen LogP contribution in [0.15, 0.2) is 23.1 Å². The number of hydrogen-bond acceptors (Lipinski definition) is 2. The lowest BCUT2D eigenvalue weighted by atomic mass is 9.86. The summed E-state index contributed by atoms with van der Waals surface area (Å²) in [6, 6.07) is 5.32. The van der Waals surface area contributed by atoms with Crippen LogP contribution in [0.3, 0.4) is 0 Å². The zero-order valence-electron chi connectivity index (χ0n) is 9.66. The molecule has 0 amide bonds. The SMILES string of the molecule is CC(C)(CO)c1ccc(SC2CC2)c(F)c1. The van der Waals surface area contributed by atoms with Crippen molar-refractivity contribution in [2.75, 3.05) is 6.61 Å². The predicted molar refractivity (Wildman–Crippen MR) is 65.4 cm³/mol. The van der Waals surface area contributed by atoms with Crippen molar-refractivity contribution in [3.05, 3.63) is 29.6 Å². The van der Waals surface area contributed by atoms with Crippen molar-refractivity contribution in [1.82, 2.24) is 0 Å². The maximum absolute atomic E-state index is 13.8. The lowest BCUT2D eigenvalue weighted by molar-refractivity contribution is 0.218. The highest BCUT2D eigenvalue weighted by molar-refractivity contribution is 8.00. The van der Waals surface area contributed by atoms with Crippen molar-refractivity contribution < 1.29 is 9.50 Å². The molecule has 1 fully saturated rings. The lowest BCUT2D eigenvalue weighted by Crippen LogP contribution is -2.22. The standard InChI is InChI=1S/C13H17FOS/c1-13(2,8-15)9-3-6-12(11(14)7-9)16-10-4-5-10/h3,6-7,10,15H,4-5,8H2,1-2H3. The van der Waals surface area contributed by atoms with E-state index < -0.39 is 0 Å². The minimum Gasteiger partial charge on any atom is -0.395 e. The molecule has 0 spiro atoms. The van der Waals surface area contributed by atoms with Gasteiger partial charge >= 0.3 is 0 Å². The molecule has 0 aromatic heterocycles. The third-order valence-electron chi connectivity index (χ3n) is 2.93. The van der Waals surface area contributed by atoms with Gasteiger partial charge in [0.25, 0.3) is 0 Å². The molecule has 1 aromatic rings. The summed E-state index contributed by atoms with van der Waals surface area (Å²) in [5, 5.41) is 9.85. The Balaban J connectivity index is 2.21. The van der Waals surface area contributed by atoms with E-state index in [0.717, 1.165) is 10.5 Å². The zero-order chi connectivity index (χ0) is 11.8. The van der Waals surface area contributed by atoms with Crippen LogP contribution in [0.1, 0.15) is 32.3 Å². The second-order valence-corrected chi connectivity index (χ2v) is 6.35. The molecule has 1 nitrogen and oxygen atoms in total. The molecular formula is C13H17FOS. The van der Waals surface area contributed by atoms with E-state index in [4.69, 9.17) is 0 Å². The third-order valence-corrected chi connectivity index (χ3v) is 4.32. The van der Waals surface area contributed by atoms with Crippen molar-refractivity contribution >= 4 is 11.8 Å². The van der Waals surface area contributed by atoms with Crippen LogP contribution < -0.4 is 0 Å². The molecule has 1 aliphatic rings. The molecule has 1 aromatic carbocycles. The fraction of sp³-hybridized carbons (Fsp3) is 0.538. The molecule has 1 saturated carbocycles. The molecule has 2 rings (SSSR count). The average molecular weight is 240 g/mol. The molecule has 0 saturated heterocycles. The topological polar surface area (TPSA) is 20.2 Å². The molecule has 0 aliphatic heterocycles. The number of benzene rings is 1. The van der Waals surface area contributed by atoms with Crippen LogP contribution in [-0.2, 0) is 5.41 Å². The summed E-state index contributed by atoms with van der Waals surface area (Å²) in [5.41, 5.74) is 0.483. The Morgan fingerprint density at radius 1 is 1.44 bits per heavy atom. The Morgan fingerprint density at radius 3 is 2.62 bits per heavy atom. The van der Waals surface area contributed by atoms with Crippen LogP contribution in [0.4, 0.5) is 4.39 Å². The van der Waals surface area contributed by atoms with Gasteiger partial charge in [-0.3, -0.25) is 0 Å². The first-order valence-corrected chi connectivity index (χ1v) is 6.48. The predicted octanol–water partition coefficient (Wildman–Crippen LogP) is 3.35. The van der Waals surface area contributed by atoms with E-state index in [9.17, 15) is 9.50 Å². The van der Waals surface area contributed by atoms with E-state index >= 15 is 0 Å². The quantitative estimate of drug-likeness (QED) is 0.871. The van der Waals surface area contributed by atoms with Gasteiger partial charge < -0.3 is 5.11 Å². The molecule has 0 atom stereocenters. The van der Waals surface area contributed by atoms with Gasteiger partial charge in [-0.2, -0.15) is 0 Å². The molecule has 88 valence electrons. The molecular weight excluding hydrogens is 223 g/mol.